The fraction of sp³-hybridized carbons (Fsp3) is 0.167. The van der Waals surface area contributed by atoms with E-state index in [1.807, 2.05) is 55.6 Å². The third kappa shape index (κ3) is 3.82. The smallest absolute Gasteiger partial charge is 0.246 e. The maximum absolute atomic E-state index is 12.1. The van der Waals surface area contributed by atoms with E-state index in [-0.39, 0.29) is 5.91 Å². The van der Waals surface area contributed by atoms with Gasteiger partial charge in [-0.05, 0) is 29.7 Å². The van der Waals surface area contributed by atoms with Crippen molar-refractivity contribution >= 4 is 12.0 Å². The maximum Gasteiger partial charge on any atom is 0.246 e. The van der Waals surface area contributed by atoms with Gasteiger partial charge in [-0.25, -0.2) is 0 Å². The molecule has 1 amide bonds. The number of hydrogen-bond acceptors (Lipinski definition) is 1. The molecule has 2 nitrogen and oxygen atoms in total. The van der Waals surface area contributed by atoms with Crippen molar-refractivity contribution in [3.05, 3.63) is 77.4 Å². The Bertz CT molecular complexity index is 602. The Morgan fingerprint density at radius 2 is 1.70 bits per heavy atom. The van der Waals surface area contributed by atoms with E-state index in [0.29, 0.717) is 6.54 Å². The number of aryl methyl sites for hydroxylation is 1. The normalized spacial score (nSPS) is 10.7. The molecule has 0 N–H and O–H groups in total. The predicted molar refractivity (Wildman–Crippen MR) is 83.1 cm³/mol. The standard InChI is InChI=1S/C18H19NO/c1-15-8-6-7-11-17(15)14-19(2)18(20)13-12-16-9-4-3-5-10-16/h3-13H,14H2,1-2H3. The number of benzene rings is 2. The second-order valence-electron chi connectivity index (χ2n) is 4.86. The number of carbonyl (C=O) groups excluding carboxylic acids is 1. The Hall–Kier alpha value is -2.35. The highest BCUT2D eigenvalue weighted by Crippen LogP contribution is 2.10. The highest BCUT2D eigenvalue weighted by Gasteiger charge is 2.06. The lowest BCUT2D eigenvalue weighted by atomic mass is 10.1. The molecule has 2 rings (SSSR count). The highest BCUT2D eigenvalue weighted by molar-refractivity contribution is 5.91. The Labute approximate surface area is 120 Å². The number of hydrogen-bond donors (Lipinski definition) is 0. The molecule has 0 saturated carbocycles. The van der Waals surface area contributed by atoms with Gasteiger partial charge in [-0.15, -0.1) is 0 Å². The topological polar surface area (TPSA) is 20.3 Å². The first-order valence-corrected chi connectivity index (χ1v) is 6.69. The SMILES string of the molecule is Cc1ccccc1CN(C)C(=O)C=Cc1ccccc1. The van der Waals surface area contributed by atoms with E-state index in [1.165, 1.54) is 11.1 Å². The van der Waals surface area contributed by atoms with Crippen LogP contribution in [0.15, 0.2) is 60.7 Å². The average molecular weight is 265 g/mol. The molecular formula is C18H19NO. The molecule has 2 heteroatoms. The lowest BCUT2D eigenvalue weighted by molar-refractivity contribution is -0.125. The van der Waals surface area contributed by atoms with Gasteiger partial charge in [0.1, 0.15) is 0 Å². The van der Waals surface area contributed by atoms with Gasteiger partial charge in [-0.1, -0.05) is 54.6 Å². The van der Waals surface area contributed by atoms with Crippen molar-refractivity contribution in [3.63, 3.8) is 0 Å². The third-order valence-corrected chi connectivity index (χ3v) is 3.26. The molecule has 2 aromatic rings. The number of nitrogens with zero attached hydrogens (tertiary/aromatic N) is 1. The molecular weight excluding hydrogens is 246 g/mol. The molecule has 20 heavy (non-hydrogen) atoms. The van der Waals surface area contributed by atoms with Crippen molar-refractivity contribution in [2.75, 3.05) is 7.05 Å². The van der Waals surface area contributed by atoms with Crippen LogP contribution in [-0.4, -0.2) is 17.9 Å². The number of amides is 1. The largest absolute Gasteiger partial charge is 0.338 e. The first kappa shape index (κ1) is 14.1. The van der Waals surface area contributed by atoms with Crippen LogP contribution in [0.1, 0.15) is 16.7 Å². The van der Waals surface area contributed by atoms with E-state index in [4.69, 9.17) is 0 Å². The first-order valence-electron chi connectivity index (χ1n) is 6.69. The Balaban J connectivity index is 1.99. The van der Waals surface area contributed by atoms with E-state index in [9.17, 15) is 4.79 Å². The molecule has 0 unspecified atom stereocenters. The van der Waals surface area contributed by atoms with Gasteiger partial charge in [0, 0.05) is 19.7 Å². The van der Waals surface area contributed by atoms with Gasteiger partial charge in [0.2, 0.25) is 5.91 Å². The summed E-state index contributed by atoms with van der Waals surface area (Å²) in [5, 5.41) is 0. The highest BCUT2D eigenvalue weighted by atomic mass is 16.2. The van der Waals surface area contributed by atoms with Crippen LogP contribution in [0.25, 0.3) is 6.08 Å². The molecule has 0 aliphatic rings. The molecule has 0 spiro atoms. The maximum atomic E-state index is 12.1. The quantitative estimate of drug-likeness (QED) is 0.772. The fourth-order valence-corrected chi connectivity index (χ4v) is 1.98. The summed E-state index contributed by atoms with van der Waals surface area (Å²) in [7, 11) is 1.82. The zero-order chi connectivity index (χ0) is 14.4. The monoisotopic (exact) mass is 265 g/mol. The summed E-state index contributed by atoms with van der Waals surface area (Å²) in [5.74, 6) is 0.0112. The van der Waals surface area contributed by atoms with Crippen molar-refractivity contribution in [2.45, 2.75) is 13.5 Å². The molecule has 0 aliphatic carbocycles. The molecule has 2 aromatic carbocycles. The summed E-state index contributed by atoms with van der Waals surface area (Å²) >= 11 is 0. The van der Waals surface area contributed by atoms with Gasteiger partial charge in [0.05, 0.1) is 0 Å². The van der Waals surface area contributed by atoms with E-state index >= 15 is 0 Å². The number of carbonyl (C=O) groups is 1. The second-order valence-corrected chi connectivity index (χ2v) is 4.86. The van der Waals surface area contributed by atoms with E-state index in [1.54, 1.807) is 11.0 Å². The molecule has 102 valence electrons. The number of likely N-dealkylation sites (N-methyl/N-ethyl adjacent to an activating group) is 1. The summed E-state index contributed by atoms with van der Waals surface area (Å²) in [5.41, 5.74) is 3.42. The minimum atomic E-state index is 0.0112. The zero-order valence-corrected chi connectivity index (χ0v) is 11.9. The van der Waals surface area contributed by atoms with Crippen LogP contribution in [-0.2, 0) is 11.3 Å². The first-order chi connectivity index (χ1) is 9.66. The summed E-state index contributed by atoms with van der Waals surface area (Å²) in [6.45, 7) is 2.69. The van der Waals surface area contributed by atoms with E-state index in [0.717, 1.165) is 5.56 Å². The van der Waals surface area contributed by atoms with Gasteiger partial charge in [0.15, 0.2) is 0 Å². The van der Waals surface area contributed by atoms with Crippen LogP contribution in [0.5, 0.6) is 0 Å². The lowest BCUT2D eigenvalue weighted by Gasteiger charge is -2.16. The van der Waals surface area contributed by atoms with Crippen LogP contribution in [0.2, 0.25) is 0 Å². The van der Waals surface area contributed by atoms with Crippen molar-refractivity contribution in [2.24, 2.45) is 0 Å². The minimum Gasteiger partial charge on any atom is -0.338 e. The van der Waals surface area contributed by atoms with Gasteiger partial charge in [-0.3, -0.25) is 4.79 Å². The van der Waals surface area contributed by atoms with Gasteiger partial charge in [-0.2, -0.15) is 0 Å². The number of rotatable bonds is 4. The Kier molecular flexibility index (Phi) is 4.72. The van der Waals surface area contributed by atoms with Gasteiger partial charge >= 0.3 is 0 Å². The van der Waals surface area contributed by atoms with Crippen LogP contribution >= 0.6 is 0 Å². The molecule has 0 heterocycles. The van der Waals surface area contributed by atoms with Crippen molar-refractivity contribution in [1.29, 1.82) is 0 Å². The Morgan fingerprint density at radius 1 is 1.05 bits per heavy atom. The van der Waals surface area contributed by atoms with E-state index in [2.05, 4.69) is 19.1 Å². The summed E-state index contributed by atoms with van der Waals surface area (Å²) in [4.78, 5) is 13.8. The molecule has 0 bridgehead atoms. The summed E-state index contributed by atoms with van der Waals surface area (Å²) in [6.07, 6.45) is 3.46. The molecule has 0 fully saturated rings. The van der Waals surface area contributed by atoms with Crippen LogP contribution in [0.4, 0.5) is 0 Å². The molecule has 0 aromatic heterocycles. The van der Waals surface area contributed by atoms with Crippen molar-refractivity contribution in [3.8, 4) is 0 Å². The fourth-order valence-electron chi connectivity index (χ4n) is 1.98. The predicted octanol–water partition coefficient (Wildman–Crippen LogP) is 3.67. The van der Waals surface area contributed by atoms with Gasteiger partial charge < -0.3 is 4.90 Å². The van der Waals surface area contributed by atoms with Crippen molar-refractivity contribution in [1.82, 2.24) is 4.90 Å². The zero-order valence-electron chi connectivity index (χ0n) is 11.9. The summed E-state index contributed by atoms with van der Waals surface area (Å²) < 4.78 is 0. The molecule has 0 aliphatic heterocycles. The second kappa shape index (κ2) is 6.71. The summed E-state index contributed by atoms with van der Waals surface area (Å²) in [6, 6.07) is 18.0. The molecule has 0 radical (unpaired) electrons. The van der Waals surface area contributed by atoms with Gasteiger partial charge in [0.25, 0.3) is 0 Å². The minimum absolute atomic E-state index is 0.0112. The Morgan fingerprint density at radius 3 is 2.40 bits per heavy atom. The van der Waals surface area contributed by atoms with Crippen molar-refractivity contribution < 1.29 is 4.79 Å². The van der Waals surface area contributed by atoms with Crippen LogP contribution in [0, 0.1) is 6.92 Å². The van der Waals surface area contributed by atoms with Crippen LogP contribution < -0.4 is 0 Å². The third-order valence-electron chi connectivity index (χ3n) is 3.26. The molecule has 0 atom stereocenters. The van der Waals surface area contributed by atoms with E-state index < -0.39 is 0 Å². The van der Waals surface area contributed by atoms with Crippen LogP contribution in [0.3, 0.4) is 0 Å². The lowest BCUT2D eigenvalue weighted by Crippen LogP contribution is -2.24. The molecule has 0 saturated heterocycles. The average Bonchev–Trinajstić information content (AvgIpc) is 2.48.